The van der Waals surface area contributed by atoms with Crippen LogP contribution in [0.15, 0.2) is 23.1 Å². The molecular weight excluding hydrogens is 290 g/mol. The highest BCUT2D eigenvalue weighted by Gasteiger charge is 2.23. The van der Waals surface area contributed by atoms with Crippen LogP contribution in [0.4, 0.5) is 0 Å². The number of nitrogens with zero attached hydrogens (tertiary/aromatic N) is 1. The average molecular weight is 309 g/mol. The number of amides is 1. The molecule has 0 bridgehead atoms. The molecule has 0 aliphatic heterocycles. The first-order valence-corrected chi connectivity index (χ1v) is 8.11. The monoisotopic (exact) mass is 309 g/mol. The van der Waals surface area contributed by atoms with Crippen LogP contribution < -0.4 is 10.0 Å². The molecule has 0 aromatic heterocycles. The van der Waals surface area contributed by atoms with Gasteiger partial charge in [0.25, 0.3) is 0 Å². The minimum atomic E-state index is -3.85. The summed E-state index contributed by atoms with van der Waals surface area (Å²) in [7, 11) is -3.85. The zero-order valence-electron chi connectivity index (χ0n) is 12.3. The van der Waals surface area contributed by atoms with Crippen molar-refractivity contribution in [2.24, 2.45) is 0 Å². The lowest BCUT2D eigenvalue weighted by Crippen LogP contribution is -2.45. The molecule has 6 nitrogen and oxygen atoms in total. The number of benzene rings is 1. The molecule has 1 atom stereocenters. The molecule has 7 heteroatoms. The van der Waals surface area contributed by atoms with Gasteiger partial charge in [-0.15, -0.1) is 0 Å². The summed E-state index contributed by atoms with van der Waals surface area (Å²) < 4.78 is 26.9. The number of carbonyl (C=O) groups is 1. The Hall–Kier alpha value is -1.91. The van der Waals surface area contributed by atoms with Gasteiger partial charge in [-0.2, -0.15) is 9.98 Å². The zero-order valence-corrected chi connectivity index (χ0v) is 13.1. The van der Waals surface area contributed by atoms with E-state index in [-0.39, 0.29) is 16.4 Å². The Morgan fingerprint density at radius 3 is 2.67 bits per heavy atom. The van der Waals surface area contributed by atoms with E-state index in [2.05, 4.69) is 10.0 Å². The Morgan fingerprint density at radius 2 is 2.10 bits per heavy atom. The Bertz CT molecular complexity index is 663. The SMILES string of the molecule is CCCNC(=O)C(C)NS(=O)(=O)c1cc(C#N)ccc1C. The van der Waals surface area contributed by atoms with Crippen LogP contribution in [0.5, 0.6) is 0 Å². The van der Waals surface area contributed by atoms with Gasteiger partial charge < -0.3 is 5.32 Å². The van der Waals surface area contributed by atoms with Gasteiger partial charge in [0.15, 0.2) is 0 Å². The molecule has 1 unspecified atom stereocenters. The van der Waals surface area contributed by atoms with E-state index >= 15 is 0 Å². The van der Waals surface area contributed by atoms with Crippen molar-refractivity contribution in [1.29, 1.82) is 5.26 Å². The van der Waals surface area contributed by atoms with E-state index in [9.17, 15) is 13.2 Å². The first-order chi connectivity index (χ1) is 9.81. The van der Waals surface area contributed by atoms with Crippen molar-refractivity contribution in [1.82, 2.24) is 10.0 Å². The molecule has 1 aromatic rings. The first kappa shape index (κ1) is 17.1. The molecule has 1 amide bonds. The molecule has 114 valence electrons. The van der Waals surface area contributed by atoms with Gasteiger partial charge in [-0.05, 0) is 38.0 Å². The number of nitriles is 1. The molecule has 0 aliphatic carbocycles. The second-order valence-electron chi connectivity index (χ2n) is 4.73. The molecule has 0 fully saturated rings. The van der Waals surface area contributed by atoms with Crippen molar-refractivity contribution in [2.75, 3.05) is 6.54 Å². The lowest BCUT2D eigenvalue weighted by atomic mass is 10.2. The van der Waals surface area contributed by atoms with Crippen LogP contribution in [0.1, 0.15) is 31.4 Å². The molecule has 0 spiro atoms. The van der Waals surface area contributed by atoms with Crippen LogP contribution in [0.3, 0.4) is 0 Å². The largest absolute Gasteiger partial charge is 0.355 e. The third-order valence-corrected chi connectivity index (χ3v) is 4.56. The molecule has 0 radical (unpaired) electrons. The summed E-state index contributed by atoms with van der Waals surface area (Å²) in [5.74, 6) is -0.380. The highest BCUT2D eigenvalue weighted by atomic mass is 32.2. The maximum absolute atomic E-state index is 12.3. The third kappa shape index (κ3) is 4.55. The van der Waals surface area contributed by atoms with Crippen molar-refractivity contribution in [3.8, 4) is 6.07 Å². The zero-order chi connectivity index (χ0) is 16.0. The van der Waals surface area contributed by atoms with Gasteiger partial charge in [0.1, 0.15) is 0 Å². The van der Waals surface area contributed by atoms with Crippen molar-refractivity contribution in [3.63, 3.8) is 0 Å². The maximum atomic E-state index is 12.3. The Labute approximate surface area is 125 Å². The smallest absolute Gasteiger partial charge is 0.241 e. The third-order valence-electron chi connectivity index (χ3n) is 2.88. The van der Waals surface area contributed by atoms with Crippen LogP contribution in [-0.2, 0) is 14.8 Å². The average Bonchev–Trinajstić information content (AvgIpc) is 2.44. The highest BCUT2D eigenvalue weighted by Crippen LogP contribution is 2.17. The van der Waals surface area contributed by atoms with E-state index < -0.39 is 16.1 Å². The van der Waals surface area contributed by atoms with Crippen molar-refractivity contribution in [3.05, 3.63) is 29.3 Å². The predicted octanol–water partition coefficient (Wildman–Crippen LogP) is 1.06. The summed E-state index contributed by atoms with van der Waals surface area (Å²) in [5, 5.41) is 11.5. The number of aryl methyl sites for hydroxylation is 1. The fourth-order valence-corrected chi connectivity index (χ4v) is 3.18. The van der Waals surface area contributed by atoms with Crippen LogP contribution in [-0.4, -0.2) is 26.9 Å². The molecule has 0 aliphatic rings. The molecule has 1 rings (SSSR count). The fraction of sp³-hybridized carbons (Fsp3) is 0.429. The van der Waals surface area contributed by atoms with Gasteiger partial charge in [-0.1, -0.05) is 13.0 Å². The van der Waals surface area contributed by atoms with E-state index in [1.165, 1.54) is 13.0 Å². The lowest BCUT2D eigenvalue weighted by molar-refractivity contribution is -0.122. The van der Waals surface area contributed by atoms with Crippen molar-refractivity contribution < 1.29 is 13.2 Å². The van der Waals surface area contributed by atoms with Crippen LogP contribution in [0.2, 0.25) is 0 Å². The van der Waals surface area contributed by atoms with Crippen molar-refractivity contribution in [2.45, 2.75) is 38.1 Å². The van der Waals surface area contributed by atoms with Crippen molar-refractivity contribution >= 4 is 15.9 Å². The predicted molar refractivity (Wildman–Crippen MR) is 79.0 cm³/mol. The number of sulfonamides is 1. The topological polar surface area (TPSA) is 99.1 Å². The van der Waals surface area contributed by atoms with Gasteiger partial charge in [-0.3, -0.25) is 4.79 Å². The molecule has 0 saturated carbocycles. The summed E-state index contributed by atoms with van der Waals surface area (Å²) in [4.78, 5) is 11.7. The van der Waals surface area contributed by atoms with E-state index in [1.54, 1.807) is 19.1 Å². The Balaban J connectivity index is 2.97. The summed E-state index contributed by atoms with van der Waals surface area (Å²) in [5.41, 5.74) is 0.770. The summed E-state index contributed by atoms with van der Waals surface area (Å²) in [6.07, 6.45) is 0.772. The molecular formula is C14H19N3O3S. The minimum Gasteiger partial charge on any atom is -0.355 e. The van der Waals surface area contributed by atoms with Gasteiger partial charge in [0.2, 0.25) is 15.9 Å². The van der Waals surface area contributed by atoms with Crippen LogP contribution in [0, 0.1) is 18.3 Å². The second-order valence-corrected chi connectivity index (χ2v) is 6.41. The number of hydrogen-bond donors (Lipinski definition) is 2. The fourth-order valence-electron chi connectivity index (χ4n) is 1.71. The van der Waals surface area contributed by atoms with Gasteiger partial charge in [-0.25, -0.2) is 8.42 Å². The summed E-state index contributed by atoms with van der Waals surface area (Å²) in [6.45, 7) is 5.52. The number of nitrogens with one attached hydrogen (secondary N) is 2. The van der Waals surface area contributed by atoms with Gasteiger partial charge >= 0.3 is 0 Å². The Kier molecular flexibility index (Phi) is 5.88. The molecule has 0 saturated heterocycles. The van der Waals surface area contributed by atoms with Crippen LogP contribution in [0.25, 0.3) is 0 Å². The van der Waals surface area contributed by atoms with Gasteiger partial charge in [0, 0.05) is 6.54 Å². The van der Waals surface area contributed by atoms with E-state index in [1.807, 2.05) is 13.0 Å². The quantitative estimate of drug-likeness (QED) is 0.820. The standard InChI is InChI=1S/C14H19N3O3S/c1-4-7-16-14(18)11(3)17-21(19,20)13-8-12(9-15)6-5-10(13)2/h5-6,8,11,17H,4,7H2,1-3H3,(H,16,18). The maximum Gasteiger partial charge on any atom is 0.241 e. The number of rotatable bonds is 6. The number of carbonyl (C=O) groups excluding carboxylic acids is 1. The Morgan fingerprint density at radius 1 is 1.43 bits per heavy atom. The lowest BCUT2D eigenvalue weighted by Gasteiger charge is -2.15. The van der Waals surface area contributed by atoms with Crippen LogP contribution >= 0.6 is 0 Å². The molecule has 2 N–H and O–H groups in total. The normalized spacial score (nSPS) is 12.5. The first-order valence-electron chi connectivity index (χ1n) is 6.62. The van der Waals surface area contributed by atoms with E-state index in [0.29, 0.717) is 12.1 Å². The highest BCUT2D eigenvalue weighted by molar-refractivity contribution is 7.89. The van der Waals surface area contributed by atoms with E-state index in [0.717, 1.165) is 6.42 Å². The van der Waals surface area contributed by atoms with E-state index in [4.69, 9.17) is 5.26 Å². The molecule has 21 heavy (non-hydrogen) atoms. The summed E-state index contributed by atoms with van der Waals surface area (Å²) >= 11 is 0. The minimum absolute atomic E-state index is 0.0108. The molecule has 0 heterocycles. The van der Waals surface area contributed by atoms with Gasteiger partial charge in [0.05, 0.1) is 22.6 Å². The molecule has 1 aromatic carbocycles. The number of hydrogen-bond acceptors (Lipinski definition) is 4. The second kappa shape index (κ2) is 7.20. The summed E-state index contributed by atoms with van der Waals surface area (Å²) in [6, 6.07) is 5.43.